The van der Waals surface area contributed by atoms with E-state index < -0.39 is 10.0 Å². The molecule has 1 fully saturated rings. The minimum absolute atomic E-state index is 0.147. The van der Waals surface area contributed by atoms with Gasteiger partial charge >= 0.3 is 6.03 Å². The molecule has 2 amide bonds. The summed E-state index contributed by atoms with van der Waals surface area (Å²) < 4.78 is 37.4. The summed E-state index contributed by atoms with van der Waals surface area (Å²) in [7, 11) is -1.82. The van der Waals surface area contributed by atoms with Crippen molar-refractivity contribution in [3.8, 4) is 17.2 Å². The number of fused-ring (bicyclic) bond motifs is 1. The van der Waals surface area contributed by atoms with Gasteiger partial charge in [0.05, 0.1) is 24.6 Å². The van der Waals surface area contributed by atoms with Crippen LogP contribution in [0.2, 0.25) is 0 Å². The average molecular weight is 473 g/mol. The first-order valence-corrected chi connectivity index (χ1v) is 12.5. The molecular formula is C23H28N4O5S. The van der Waals surface area contributed by atoms with E-state index >= 15 is 0 Å². The summed E-state index contributed by atoms with van der Waals surface area (Å²) in [6.07, 6.45) is 1.93. The van der Waals surface area contributed by atoms with Gasteiger partial charge in [-0.2, -0.15) is 0 Å². The molecule has 0 saturated carbocycles. The Morgan fingerprint density at radius 1 is 1.21 bits per heavy atom. The third-order valence-electron chi connectivity index (χ3n) is 5.40. The van der Waals surface area contributed by atoms with Gasteiger partial charge in [-0.15, -0.1) is 0 Å². The van der Waals surface area contributed by atoms with E-state index in [1.54, 1.807) is 30.2 Å². The average Bonchev–Trinajstić information content (AvgIpc) is 3.14. The van der Waals surface area contributed by atoms with Crippen molar-refractivity contribution in [2.24, 2.45) is 0 Å². The number of carbonyl (C=O) groups excluding carboxylic acids is 1. The van der Waals surface area contributed by atoms with Crippen LogP contribution < -0.4 is 19.7 Å². The molecule has 0 bridgehead atoms. The molecule has 0 radical (unpaired) electrons. The highest BCUT2D eigenvalue weighted by Crippen LogP contribution is 2.43. The van der Waals surface area contributed by atoms with E-state index in [9.17, 15) is 13.2 Å². The Hall–Kier alpha value is -3.27. The number of carbonyl (C=O) groups is 1. The standard InChI is InChI=1S/C23H28N4O5S/c1-23(2,3)17-13-15(27-10-6-9-24-22(27)28)12-16(20(17)31-4)21-25-18-11-14(26-33(5,29)30)7-8-19(18)32-21/h7-8,11-13,26H,6,9-10H2,1-5H3,(H,24,28). The molecule has 33 heavy (non-hydrogen) atoms. The highest BCUT2D eigenvalue weighted by molar-refractivity contribution is 7.92. The number of urea groups is 1. The maximum atomic E-state index is 12.5. The number of oxazole rings is 1. The summed E-state index contributed by atoms with van der Waals surface area (Å²) in [6.45, 7) is 7.48. The van der Waals surface area contributed by atoms with E-state index in [0.717, 1.165) is 23.9 Å². The molecule has 2 N–H and O–H groups in total. The first-order chi connectivity index (χ1) is 15.5. The van der Waals surface area contributed by atoms with Crippen LogP contribution in [0.15, 0.2) is 34.7 Å². The zero-order valence-corrected chi connectivity index (χ0v) is 20.2. The summed E-state index contributed by atoms with van der Waals surface area (Å²) in [4.78, 5) is 18.9. The molecule has 3 aromatic rings. The van der Waals surface area contributed by atoms with Gasteiger partial charge in [0, 0.05) is 24.3 Å². The quantitative estimate of drug-likeness (QED) is 0.578. The zero-order chi connectivity index (χ0) is 24.0. The number of hydrogen-bond acceptors (Lipinski definition) is 6. The number of sulfonamides is 1. The van der Waals surface area contributed by atoms with Crippen molar-refractivity contribution in [2.45, 2.75) is 32.6 Å². The van der Waals surface area contributed by atoms with Crippen LogP contribution in [0, 0.1) is 0 Å². The van der Waals surface area contributed by atoms with Gasteiger partial charge in [-0.3, -0.25) is 9.62 Å². The van der Waals surface area contributed by atoms with Crippen LogP contribution in [-0.4, -0.2) is 45.9 Å². The van der Waals surface area contributed by atoms with Crippen molar-refractivity contribution < 1.29 is 22.4 Å². The van der Waals surface area contributed by atoms with Crippen LogP contribution in [0.1, 0.15) is 32.8 Å². The fraction of sp³-hybridized carbons (Fsp3) is 0.391. The number of nitrogens with zero attached hydrogens (tertiary/aromatic N) is 2. The van der Waals surface area contributed by atoms with E-state index in [-0.39, 0.29) is 11.4 Å². The van der Waals surface area contributed by atoms with Crippen molar-refractivity contribution >= 4 is 38.5 Å². The summed E-state index contributed by atoms with van der Waals surface area (Å²) in [5.41, 5.74) is 3.38. The van der Waals surface area contributed by atoms with Crippen LogP contribution in [0.3, 0.4) is 0 Å². The predicted molar refractivity (Wildman–Crippen MR) is 129 cm³/mol. The highest BCUT2D eigenvalue weighted by atomic mass is 32.2. The summed E-state index contributed by atoms with van der Waals surface area (Å²) in [5.74, 6) is 0.938. The lowest BCUT2D eigenvalue weighted by molar-refractivity contribution is 0.243. The summed E-state index contributed by atoms with van der Waals surface area (Å²) >= 11 is 0. The van der Waals surface area contributed by atoms with E-state index in [1.807, 2.05) is 12.1 Å². The zero-order valence-electron chi connectivity index (χ0n) is 19.4. The van der Waals surface area contributed by atoms with Crippen LogP contribution in [0.25, 0.3) is 22.6 Å². The van der Waals surface area contributed by atoms with Crippen LogP contribution in [-0.2, 0) is 15.4 Å². The Balaban J connectivity index is 1.89. The van der Waals surface area contributed by atoms with Gasteiger partial charge in [-0.05, 0) is 42.2 Å². The highest BCUT2D eigenvalue weighted by Gasteiger charge is 2.28. The van der Waals surface area contributed by atoms with E-state index in [4.69, 9.17) is 9.15 Å². The molecule has 0 atom stereocenters. The monoisotopic (exact) mass is 472 g/mol. The molecule has 10 heteroatoms. The van der Waals surface area contributed by atoms with Gasteiger partial charge < -0.3 is 14.5 Å². The third-order valence-corrected chi connectivity index (χ3v) is 6.01. The van der Waals surface area contributed by atoms with E-state index in [2.05, 4.69) is 35.8 Å². The van der Waals surface area contributed by atoms with Crippen molar-refractivity contribution in [3.63, 3.8) is 0 Å². The van der Waals surface area contributed by atoms with Gasteiger partial charge in [-0.1, -0.05) is 20.8 Å². The molecule has 4 rings (SSSR count). The summed E-state index contributed by atoms with van der Waals surface area (Å²) in [6, 6.07) is 8.57. The predicted octanol–water partition coefficient (Wildman–Crippen LogP) is 4.09. The molecule has 9 nitrogen and oxygen atoms in total. The number of amides is 2. The minimum atomic E-state index is -3.42. The van der Waals surface area contributed by atoms with Gasteiger partial charge in [0.1, 0.15) is 11.3 Å². The van der Waals surface area contributed by atoms with Gasteiger partial charge in [0.25, 0.3) is 0 Å². The third kappa shape index (κ3) is 4.75. The van der Waals surface area contributed by atoms with Crippen LogP contribution >= 0.6 is 0 Å². The second-order valence-electron chi connectivity index (χ2n) is 9.14. The smallest absolute Gasteiger partial charge is 0.321 e. The van der Waals surface area contributed by atoms with Crippen molar-refractivity contribution in [2.75, 3.05) is 36.1 Å². The van der Waals surface area contributed by atoms with Crippen molar-refractivity contribution in [1.29, 1.82) is 0 Å². The van der Waals surface area contributed by atoms with Crippen molar-refractivity contribution in [3.05, 3.63) is 35.9 Å². The minimum Gasteiger partial charge on any atom is -0.496 e. The van der Waals surface area contributed by atoms with Crippen molar-refractivity contribution in [1.82, 2.24) is 10.3 Å². The van der Waals surface area contributed by atoms with E-state index in [0.29, 0.717) is 47.1 Å². The molecule has 1 aliphatic rings. The lowest BCUT2D eigenvalue weighted by Gasteiger charge is -2.31. The number of rotatable bonds is 5. The summed E-state index contributed by atoms with van der Waals surface area (Å²) in [5, 5.41) is 2.88. The molecule has 0 spiro atoms. The number of hydrogen-bond donors (Lipinski definition) is 2. The fourth-order valence-electron chi connectivity index (χ4n) is 3.90. The molecule has 1 aromatic heterocycles. The Labute approximate surface area is 193 Å². The Kier molecular flexibility index (Phi) is 5.73. The molecule has 1 aliphatic heterocycles. The molecule has 2 aromatic carbocycles. The van der Waals surface area contributed by atoms with E-state index in [1.165, 1.54) is 0 Å². The number of nitrogens with one attached hydrogen (secondary N) is 2. The van der Waals surface area contributed by atoms with Gasteiger partial charge in [-0.25, -0.2) is 18.2 Å². The lowest BCUT2D eigenvalue weighted by atomic mass is 9.84. The van der Waals surface area contributed by atoms with Crippen LogP contribution in [0.5, 0.6) is 5.75 Å². The van der Waals surface area contributed by atoms with Gasteiger partial charge in [0.15, 0.2) is 5.58 Å². The largest absolute Gasteiger partial charge is 0.496 e. The Morgan fingerprint density at radius 3 is 2.61 bits per heavy atom. The van der Waals surface area contributed by atoms with Gasteiger partial charge in [0.2, 0.25) is 15.9 Å². The number of anilines is 2. The number of aromatic nitrogens is 1. The maximum Gasteiger partial charge on any atom is 0.321 e. The molecule has 1 saturated heterocycles. The fourth-order valence-corrected chi connectivity index (χ4v) is 4.46. The second-order valence-corrected chi connectivity index (χ2v) is 10.9. The topological polar surface area (TPSA) is 114 Å². The molecular weight excluding hydrogens is 444 g/mol. The normalized spacial score (nSPS) is 14.9. The molecule has 176 valence electrons. The lowest BCUT2D eigenvalue weighted by Crippen LogP contribution is -2.46. The first-order valence-electron chi connectivity index (χ1n) is 10.6. The molecule has 0 unspecified atom stereocenters. The molecule has 0 aliphatic carbocycles. The Morgan fingerprint density at radius 2 is 1.97 bits per heavy atom. The Bertz CT molecular complexity index is 1320. The first kappa shape index (κ1) is 22.9. The number of benzene rings is 2. The number of ether oxygens (including phenoxy) is 1. The number of methoxy groups -OCH3 is 1. The maximum absolute atomic E-state index is 12.5. The SMILES string of the molecule is COc1c(-c2nc3cc(NS(C)(=O)=O)ccc3o2)cc(N2CCCNC2=O)cc1C(C)(C)C. The second kappa shape index (κ2) is 8.26. The van der Waals surface area contributed by atoms with Crippen LogP contribution in [0.4, 0.5) is 16.2 Å². The molecule has 2 heterocycles.